The number of ether oxygens (including phenoxy) is 1. The highest BCUT2D eigenvalue weighted by atomic mass is 16.5. The predicted octanol–water partition coefficient (Wildman–Crippen LogP) is 4.71. The van der Waals surface area contributed by atoms with Gasteiger partial charge in [-0.1, -0.05) is 12.1 Å². The Kier molecular flexibility index (Phi) is 6.99. The molecule has 1 fully saturated rings. The van der Waals surface area contributed by atoms with Gasteiger partial charge < -0.3 is 15.0 Å². The van der Waals surface area contributed by atoms with Gasteiger partial charge in [0.1, 0.15) is 0 Å². The quantitative estimate of drug-likeness (QED) is 0.592. The number of rotatable bonds is 6. The molecule has 0 spiro atoms. The molecule has 0 saturated carbocycles. The smallest absolute Gasteiger partial charge is 0.253 e. The van der Waals surface area contributed by atoms with Gasteiger partial charge in [-0.2, -0.15) is 0 Å². The van der Waals surface area contributed by atoms with Gasteiger partial charge in [-0.05, 0) is 69.5 Å². The Hall–Kier alpha value is -3.32. The first kappa shape index (κ1) is 22.9. The van der Waals surface area contributed by atoms with Crippen LogP contribution in [0.5, 0.6) is 0 Å². The van der Waals surface area contributed by atoms with Crippen LogP contribution in [0.1, 0.15) is 57.5 Å². The summed E-state index contributed by atoms with van der Waals surface area (Å²) in [4.78, 5) is 28.8. The predicted molar refractivity (Wildman–Crippen MR) is 129 cm³/mol. The molecule has 1 N–H and O–H groups in total. The Morgan fingerprint density at radius 3 is 2.42 bits per heavy atom. The number of nitrogens with zero attached hydrogens (tertiary/aromatic N) is 4. The van der Waals surface area contributed by atoms with E-state index < -0.39 is 0 Å². The number of anilines is 2. The van der Waals surface area contributed by atoms with Crippen LogP contribution in [-0.2, 0) is 11.3 Å². The molecular formula is C26H31N5O2. The molecule has 0 aliphatic carbocycles. The van der Waals surface area contributed by atoms with Gasteiger partial charge in [-0.15, -0.1) is 0 Å². The fraction of sp³-hybridized carbons (Fsp3) is 0.385. The third-order valence-electron chi connectivity index (χ3n) is 5.85. The molecule has 7 nitrogen and oxygen atoms in total. The molecule has 1 aromatic carbocycles. The molecule has 0 unspecified atom stereocenters. The van der Waals surface area contributed by atoms with E-state index in [0.29, 0.717) is 24.7 Å². The number of hydrogen-bond donors (Lipinski definition) is 1. The summed E-state index contributed by atoms with van der Waals surface area (Å²) in [7, 11) is 1.67. The van der Waals surface area contributed by atoms with Crippen molar-refractivity contribution in [3.63, 3.8) is 0 Å². The molecule has 1 atom stereocenters. The standard InChI is InChI=1S/C26H31N5O2/c1-17-12-18(2)29-26(28-17)30-23-13-19(3)27-24(14-23)22-6-5-11-31(15-22)25(32)21-9-7-20(8-10-21)16-33-4/h7-10,12-14,22H,5-6,11,15-16H2,1-4H3,(H,27,28,29,30)/t22-/m1/s1. The van der Waals surface area contributed by atoms with Gasteiger partial charge in [0.25, 0.3) is 5.91 Å². The second kappa shape index (κ2) is 10.1. The molecule has 7 heteroatoms. The maximum atomic E-state index is 13.1. The molecule has 172 valence electrons. The van der Waals surface area contributed by atoms with Crippen molar-refractivity contribution < 1.29 is 9.53 Å². The van der Waals surface area contributed by atoms with Crippen molar-refractivity contribution in [1.82, 2.24) is 19.9 Å². The van der Waals surface area contributed by atoms with Gasteiger partial charge >= 0.3 is 0 Å². The molecule has 2 aromatic heterocycles. The van der Waals surface area contributed by atoms with Crippen LogP contribution >= 0.6 is 0 Å². The molecule has 4 rings (SSSR count). The summed E-state index contributed by atoms with van der Waals surface area (Å²) in [6, 6.07) is 13.7. The monoisotopic (exact) mass is 445 g/mol. The number of amides is 1. The molecule has 1 aliphatic rings. The number of likely N-dealkylation sites (tertiary alicyclic amines) is 1. The lowest BCUT2D eigenvalue weighted by Gasteiger charge is -2.33. The SMILES string of the molecule is COCc1ccc(C(=O)N2CCC[C@@H](c3cc(Nc4nc(C)cc(C)n4)cc(C)n3)C2)cc1. The second-order valence-electron chi connectivity index (χ2n) is 8.74. The zero-order valence-corrected chi connectivity index (χ0v) is 19.8. The minimum atomic E-state index is 0.0679. The van der Waals surface area contributed by atoms with Gasteiger partial charge in [-0.3, -0.25) is 9.78 Å². The van der Waals surface area contributed by atoms with E-state index in [1.54, 1.807) is 7.11 Å². The summed E-state index contributed by atoms with van der Waals surface area (Å²) in [5, 5.41) is 3.33. The number of pyridine rings is 1. The van der Waals surface area contributed by atoms with Crippen molar-refractivity contribution in [2.45, 2.75) is 46.1 Å². The topological polar surface area (TPSA) is 80.2 Å². The van der Waals surface area contributed by atoms with Crippen molar-refractivity contribution in [2.75, 3.05) is 25.5 Å². The van der Waals surface area contributed by atoms with E-state index >= 15 is 0 Å². The lowest BCUT2D eigenvalue weighted by Crippen LogP contribution is -2.39. The molecule has 33 heavy (non-hydrogen) atoms. The van der Waals surface area contributed by atoms with Crippen LogP contribution < -0.4 is 5.32 Å². The zero-order chi connectivity index (χ0) is 23.4. The minimum Gasteiger partial charge on any atom is -0.380 e. The molecule has 1 aliphatic heterocycles. The van der Waals surface area contributed by atoms with Crippen molar-refractivity contribution in [1.29, 1.82) is 0 Å². The van der Waals surface area contributed by atoms with Crippen LogP contribution in [0.15, 0.2) is 42.5 Å². The molecule has 1 amide bonds. The molecular weight excluding hydrogens is 414 g/mol. The average Bonchev–Trinajstić information content (AvgIpc) is 2.78. The van der Waals surface area contributed by atoms with Crippen LogP contribution in [0.3, 0.4) is 0 Å². The molecule has 3 heterocycles. The van der Waals surface area contributed by atoms with Crippen molar-refractivity contribution >= 4 is 17.5 Å². The number of piperidine rings is 1. The van der Waals surface area contributed by atoms with E-state index in [0.717, 1.165) is 53.4 Å². The Morgan fingerprint density at radius 1 is 1.03 bits per heavy atom. The summed E-state index contributed by atoms with van der Waals surface area (Å²) in [5.41, 5.74) is 6.45. The highest BCUT2D eigenvalue weighted by Crippen LogP contribution is 2.29. The number of hydrogen-bond acceptors (Lipinski definition) is 6. The van der Waals surface area contributed by atoms with Crippen molar-refractivity contribution in [3.8, 4) is 0 Å². The zero-order valence-electron chi connectivity index (χ0n) is 19.8. The maximum absolute atomic E-state index is 13.1. The lowest BCUT2D eigenvalue weighted by atomic mass is 9.93. The first-order valence-corrected chi connectivity index (χ1v) is 11.4. The number of nitrogens with one attached hydrogen (secondary N) is 1. The Balaban J connectivity index is 1.50. The number of carbonyl (C=O) groups excluding carboxylic acids is 1. The van der Waals surface area contributed by atoms with Gasteiger partial charge in [0, 0.05) is 60.1 Å². The fourth-order valence-corrected chi connectivity index (χ4v) is 4.38. The average molecular weight is 446 g/mol. The third-order valence-corrected chi connectivity index (χ3v) is 5.85. The minimum absolute atomic E-state index is 0.0679. The van der Waals surface area contributed by atoms with Crippen LogP contribution in [0.25, 0.3) is 0 Å². The maximum Gasteiger partial charge on any atom is 0.253 e. The van der Waals surface area contributed by atoms with E-state index in [2.05, 4.69) is 21.4 Å². The first-order chi connectivity index (χ1) is 15.9. The molecule has 0 bridgehead atoms. The normalized spacial score (nSPS) is 16.0. The lowest BCUT2D eigenvalue weighted by molar-refractivity contribution is 0.0706. The summed E-state index contributed by atoms with van der Waals surface area (Å²) in [6.45, 7) is 7.88. The van der Waals surface area contributed by atoms with E-state index in [9.17, 15) is 4.79 Å². The van der Waals surface area contributed by atoms with Crippen LogP contribution in [0, 0.1) is 20.8 Å². The largest absolute Gasteiger partial charge is 0.380 e. The number of methoxy groups -OCH3 is 1. The Morgan fingerprint density at radius 2 is 1.73 bits per heavy atom. The van der Waals surface area contributed by atoms with Gasteiger partial charge in [-0.25, -0.2) is 9.97 Å². The highest BCUT2D eigenvalue weighted by molar-refractivity contribution is 5.94. The molecule has 0 radical (unpaired) electrons. The van der Waals surface area contributed by atoms with E-state index in [-0.39, 0.29) is 11.8 Å². The summed E-state index contributed by atoms with van der Waals surface area (Å²) in [5.74, 6) is 0.843. The van der Waals surface area contributed by atoms with E-state index in [1.165, 1.54) is 0 Å². The van der Waals surface area contributed by atoms with Crippen molar-refractivity contribution in [3.05, 3.63) is 76.4 Å². The van der Waals surface area contributed by atoms with Gasteiger partial charge in [0.05, 0.1) is 6.61 Å². The number of aromatic nitrogens is 3. The Labute approximate surface area is 195 Å². The molecule has 3 aromatic rings. The number of benzene rings is 1. The van der Waals surface area contributed by atoms with E-state index in [4.69, 9.17) is 9.72 Å². The Bertz CT molecular complexity index is 1110. The second-order valence-corrected chi connectivity index (χ2v) is 8.74. The first-order valence-electron chi connectivity index (χ1n) is 11.4. The van der Waals surface area contributed by atoms with Crippen molar-refractivity contribution in [2.24, 2.45) is 0 Å². The van der Waals surface area contributed by atoms with Crippen LogP contribution in [-0.4, -0.2) is 46.0 Å². The fourth-order valence-electron chi connectivity index (χ4n) is 4.38. The van der Waals surface area contributed by atoms with Gasteiger partial charge in [0.15, 0.2) is 0 Å². The van der Waals surface area contributed by atoms with E-state index in [1.807, 2.05) is 62.1 Å². The van der Waals surface area contributed by atoms with Crippen LogP contribution in [0.4, 0.5) is 11.6 Å². The summed E-state index contributed by atoms with van der Waals surface area (Å²) in [6.07, 6.45) is 1.96. The summed E-state index contributed by atoms with van der Waals surface area (Å²) >= 11 is 0. The summed E-state index contributed by atoms with van der Waals surface area (Å²) < 4.78 is 5.16. The highest BCUT2D eigenvalue weighted by Gasteiger charge is 2.26. The van der Waals surface area contributed by atoms with Crippen LogP contribution in [0.2, 0.25) is 0 Å². The molecule has 1 saturated heterocycles. The van der Waals surface area contributed by atoms with Gasteiger partial charge in [0.2, 0.25) is 5.95 Å². The number of carbonyl (C=O) groups is 1. The number of aryl methyl sites for hydroxylation is 3. The third kappa shape index (κ3) is 5.73.